The fraction of sp³-hybridized carbons (Fsp3) is 1.00. The molecular weight excluding hydrogens is 313 g/mol. The van der Waals surface area contributed by atoms with E-state index in [-0.39, 0.29) is 19.8 Å². The lowest BCUT2D eigenvalue weighted by molar-refractivity contribution is -0.0911. The lowest BCUT2D eigenvalue weighted by Gasteiger charge is -2.27. The molecule has 0 aromatic heterocycles. The summed E-state index contributed by atoms with van der Waals surface area (Å²) in [6.07, 6.45) is -1.33. The molecule has 0 spiro atoms. The summed E-state index contributed by atoms with van der Waals surface area (Å²) in [7, 11) is -3.78. The minimum absolute atomic E-state index is 0.135. The van der Waals surface area contributed by atoms with Crippen molar-refractivity contribution >= 4 is 42.6 Å². The molecule has 0 amide bonds. The first-order valence-corrected chi connectivity index (χ1v) is 7.64. The second-order valence-corrected chi connectivity index (χ2v) is 6.71. The zero-order valence-electron chi connectivity index (χ0n) is 9.82. The van der Waals surface area contributed by atoms with Gasteiger partial charge in [0.1, 0.15) is 0 Å². The number of alkyl halides is 3. The fourth-order valence-corrected chi connectivity index (χ4v) is 2.66. The highest BCUT2D eigenvalue weighted by molar-refractivity contribution is 7.48. The SMILES string of the molecule is CCOC(OP(=O)(OCC)OCC)C(Cl)(Cl)Cl. The van der Waals surface area contributed by atoms with Crippen LogP contribution in [0.4, 0.5) is 0 Å². The summed E-state index contributed by atoms with van der Waals surface area (Å²) >= 11 is 16.9. The second-order valence-electron chi connectivity index (χ2n) is 2.72. The first kappa shape index (κ1) is 17.9. The zero-order valence-corrected chi connectivity index (χ0v) is 13.0. The summed E-state index contributed by atoms with van der Waals surface area (Å²) < 4.78 is 30.0. The Kier molecular flexibility index (Phi) is 8.63. The Labute approximate surface area is 116 Å². The lowest BCUT2D eigenvalue weighted by atomic mass is 10.7. The number of hydrogen-bond acceptors (Lipinski definition) is 5. The molecule has 0 aliphatic heterocycles. The van der Waals surface area contributed by atoms with Crippen LogP contribution < -0.4 is 0 Å². The molecule has 0 fully saturated rings. The largest absolute Gasteiger partial charge is 0.477 e. The summed E-state index contributed by atoms with van der Waals surface area (Å²) in [5.74, 6) is 0. The zero-order chi connectivity index (χ0) is 13.5. The average Bonchev–Trinajstić information content (AvgIpc) is 2.16. The third kappa shape index (κ3) is 7.19. The Morgan fingerprint density at radius 1 is 1.06 bits per heavy atom. The van der Waals surface area contributed by atoms with E-state index in [9.17, 15) is 4.57 Å². The Balaban J connectivity index is 4.73. The Hall–Kier alpha value is 0.940. The molecule has 0 aliphatic rings. The van der Waals surface area contributed by atoms with Crippen molar-refractivity contribution in [3.8, 4) is 0 Å². The van der Waals surface area contributed by atoms with E-state index in [0.717, 1.165) is 0 Å². The van der Waals surface area contributed by atoms with E-state index in [2.05, 4.69) is 0 Å². The van der Waals surface area contributed by atoms with Gasteiger partial charge in [0, 0.05) is 6.61 Å². The fourth-order valence-electron chi connectivity index (χ4n) is 0.868. The number of rotatable bonds is 8. The molecule has 17 heavy (non-hydrogen) atoms. The minimum atomic E-state index is -3.78. The molecule has 5 nitrogen and oxygen atoms in total. The van der Waals surface area contributed by atoms with Gasteiger partial charge in [0.05, 0.1) is 13.2 Å². The van der Waals surface area contributed by atoms with Gasteiger partial charge in [0.25, 0.3) is 0 Å². The van der Waals surface area contributed by atoms with Crippen LogP contribution in [-0.2, 0) is 22.9 Å². The van der Waals surface area contributed by atoms with Crippen molar-refractivity contribution in [3.63, 3.8) is 0 Å². The summed E-state index contributed by atoms with van der Waals surface area (Å²) in [6.45, 7) is 5.45. The van der Waals surface area contributed by atoms with Gasteiger partial charge in [-0.15, -0.1) is 0 Å². The highest BCUT2D eigenvalue weighted by atomic mass is 35.6. The van der Waals surface area contributed by atoms with Crippen LogP contribution in [0.1, 0.15) is 20.8 Å². The van der Waals surface area contributed by atoms with Crippen LogP contribution in [0.5, 0.6) is 0 Å². The van der Waals surface area contributed by atoms with Crippen molar-refractivity contribution in [2.75, 3.05) is 19.8 Å². The first-order chi connectivity index (χ1) is 7.79. The number of phosphoric acid groups is 1. The Morgan fingerprint density at radius 3 is 1.82 bits per heavy atom. The van der Waals surface area contributed by atoms with E-state index >= 15 is 0 Å². The maximum atomic E-state index is 12.0. The number of phosphoric ester groups is 1. The van der Waals surface area contributed by atoms with E-state index in [1.807, 2.05) is 0 Å². The van der Waals surface area contributed by atoms with Crippen molar-refractivity contribution in [1.29, 1.82) is 0 Å². The standard InChI is InChI=1S/C8H16Cl3O5P/c1-4-13-7(8(9,10)11)16-17(12,14-5-2)15-6-3/h7H,4-6H2,1-3H3. The molecule has 0 saturated carbocycles. The van der Waals surface area contributed by atoms with Gasteiger partial charge in [0.15, 0.2) is 0 Å². The summed E-state index contributed by atoms with van der Waals surface area (Å²) in [5, 5.41) is 0. The average molecular weight is 330 g/mol. The Bertz CT molecular complexity index is 248. The molecule has 0 N–H and O–H groups in total. The van der Waals surface area contributed by atoms with Gasteiger partial charge < -0.3 is 4.74 Å². The van der Waals surface area contributed by atoms with Gasteiger partial charge in [-0.3, -0.25) is 13.6 Å². The van der Waals surface area contributed by atoms with Crippen LogP contribution in [0.25, 0.3) is 0 Å². The van der Waals surface area contributed by atoms with Crippen LogP contribution in [0.2, 0.25) is 0 Å². The normalized spacial score (nSPS) is 14.9. The summed E-state index contributed by atoms with van der Waals surface area (Å²) in [6, 6.07) is 0. The minimum Gasteiger partial charge on any atom is -0.348 e. The molecule has 0 bridgehead atoms. The van der Waals surface area contributed by atoms with Gasteiger partial charge in [-0.05, 0) is 20.8 Å². The molecule has 1 unspecified atom stereocenters. The predicted octanol–water partition coefficient (Wildman–Crippen LogP) is 3.92. The van der Waals surface area contributed by atoms with Gasteiger partial charge in [-0.2, -0.15) is 0 Å². The topological polar surface area (TPSA) is 54.0 Å². The molecule has 0 heterocycles. The van der Waals surface area contributed by atoms with Crippen molar-refractivity contribution in [2.24, 2.45) is 0 Å². The maximum absolute atomic E-state index is 12.0. The van der Waals surface area contributed by atoms with Gasteiger partial charge >= 0.3 is 7.82 Å². The van der Waals surface area contributed by atoms with Crippen molar-refractivity contribution in [2.45, 2.75) is 30.9 Å². The van der Waals surface area contributed by atoms with E-state index in [1.165, 1.54) is 0 Å². The lowest BCUT2D eigenvalue weighted by Crippen LogP contribution is -2.31. The molecule has 0 aromatic rings. The van der Waals surface area contributed by atoms with E-state index < -0.39 is 17.9 Å². The summed E-state index contributed by atoms with van der Waals surface area (Å²) in [4.78, 5) is 0. The summed E-state index contributed by atoms with van der Waals surface area (Å²) in [5.41, 5.74) is 0. The molecule has 1 atom stereocenters. The van der Waals surface area contributed by atoms with Crippen LogP contribution in [0.3, 0.4) is 0 Å². The van der Waals surface area contributed by atoms with Gasteiger partial charge in [-0.25, -0.2) is 4.57 Å². The number of hydrogen-bond donors (Lipinski definition) is 0. The molecular formula is C8H16Cl3O5P. The van der Waals surface area contributed by atoms with E-state index in [0.29, 0.717) is 0 Å². The van der Waals surface area contributed by atoms with Crippen molar-refractivity contribution in [3.05, 3.63) is 0 Å². The maximum Gasteiger partial charge on any atom is 0.477 e. The van der Waals surface area contributed by atoms with Gasteiger partial charge in [-0.1, -0.05) is 34.8 Å². The molecule has 9 heteroatoms. The van der Waals surface area contributed by atoms with Crippen LogP contribution in [-0.4, -0.2) is 29.9 Å². The van der Waals surface area contributed by atoms with Crippen molar-refractivity contribution < 1.29 is 22.9 Å². The first-order valence-electron chi connectivity index (χ1n) is 5.04. The monoisotopic (exact) mass is 328 g/mol. The van der Waals surface area contributed by atoms with Crippen LogP contribution in [0, 0.1) is 0 Å². The third-order valence-electron chi connectivity index (χ3n) is 1.38. The molecule has 0 aliphatic carbocycles. The molecule has 104 valence electrons. The molecule has 0 radical (unpaired) electrons. The quantitative estimate of drug-likeness (QED) is 0.384. The van der Waals surface area contributed by atoms with E-state index in [4.69, 9.17) is 53.1 Å². The number of ether oxygens (including phenoxy) is 1. The van der Waals surface area contributed by atoms with Gasteiger partial charge in [0.2, 0.25) is 10.1 Å². The van der Waals surface area contributed by atoms with E-state index in [1.54, 1.807) is 20.8 Å². The third-order valence-corrected chi connectivity index (χ3v) is 3.52. The van der Waals surface area contributed by atoms with Crippen molar-refractivity contribution in [1.82, 2.24) is 0 Å². The number of halogens is 3. The highest BCUT2D eigenvalue weighted by Crippen LogP contribution is 2.53. The predicted molar refractivity (Wildman–Crippen MR) is 67.6 cm³/mol. The molecule has 0 aromatic carbocycles. The Morgan fingerprint density at radius 2 is 1.53 bits per heavy atom. The highest BCUT2D eigenvalue weighted by Gasteiger charge is 2.41. The van der Waals surface area contributed by atoms with Crippen LogP contribution >= 0.6 is 42.6 Å². The molecule has 0 rings (SSSR count). The van der Waals surface area contributed by atoms with Crippen LogP contribution in [0.15, 0.2) is 0 Å². The smallest absolute Gasteiger partial charge is 0.348 e. The second kappa shape index (κ2) is 8.18. The molecule has 0 saturated heterocycles.